The standard InChI is InChI=1S/C30H29F3N6O2/c1-17-15-38(16-18(2)36-17)25-9-7-21(12-23(25)30(31,32)33)39-28-22-11-19(20-6-10-27(41-4)35-13-20)5-8-24(22)34-14-26(28)37(3)29(39)40/h5-14,17-18,36H,15-16H2,1-4H3. The first-order valence-corrected chi connectivity index (χ1v) is 13.3. The van der Waals surface area contributed by atoms with Crippen LogP contribution in [0.3, 0.4) is 0 Å². The normalized spacial score (nSPS) is 17.9. The number of hydrogen-bond acceptors (Lipinski definition) is 6. The molecule has 212 valence electrons. The number of nitrogens with one attached hydrogen (secondary N) is 1. The molecule has 6 rings (SSSR count). The number of aromatic nitrogens is 4. The van der Waals surface area contributed by atoms with E-state index in [1.54, 1.807) is 36.5 Å². The van der Waals surface area contributed by atoms with Gasteiger partial charge in [0.25, 0.3) is 0 Å². The Hall–Kier alpha value is -4.38. The van der Waals surface area contributed by atoms with Crippen LogP contribution >= 0.6 is 0 Å². The molecule has 4 heterocycles. The summed E-state index contributed by atoms with van der Waals surface area (Å²) in [5, 5.41) is 3.99. The molecule has 41 heavy (non-hydrogen) atoms. The number of rotatable bonds is 4. The van der Waals surface area contributed by atoms with Gasteiger partial charge in [0.05, 0.1) is 41.1 Å². The molecular weight excluding hydrogens is 533 g/mol. The Morgan fingerprint density at radius 2 is 1.68 bits per heavy atom. The van der Waals surface area contributed by atoms with Gasteiger partial charge < -0.3 is 15.0 Å². The van der Waals surface area contributed by atoms with Crippen LogP contribution in [0.1, 0.15) is 19.4 Å². The lowest BCUT2D eigenvalue weighted by Crippen LogP contribution is -2.54. The fraction of sp³-hybridized carbons (Fsp3) is 0.300. The lowest BCUT2D eigenvalue weighted by Gasteiger charge is -2.38. The minimum absolute atomic E-state index is 0.0363. The summed E-state index contributed by atoms with van der Waals surface area (Å²) < 4.78 is 51.4. The molecule has 2 atom stereocenters. The number of imidazole rings is 1. The van der Waals surface area contributed by atoms with Gasteiger partial charge in [-0.1, -0.05) is 6.07 Å². The summed E-state index contributed by atoms with van der Waals surface area (Å²) >= 11 is 0. The van der Waals surface area contributed by atoms with E-state index in [1.807, 2.05) is 38.1 Å². The number of piperazine rings is 1. The van der Waals surface area contributed by atoms with E-state index < -0.39 is 17.4 Å². The van der Waals surface area contributed by atoms with E-state index in [1.165, 1.54) is 22.3 Å². The summed E-state index contributed by atoms with van der Waals surface area (Å²) in [4.78, 5) is 24.1. The van der Waals surface area contributed by atoms with Crippen LogP contribution in [-0.4, -0.2) is 51.4 Å². The number of methoxy groups -OCH3 is 1. The molecule has 3 aromatic heterocycles. The van der Waals surface area contributed by atoms with E-state index in [2.05, 4.69) is 15.3 Å². The van der Waals surface area contributed by atoms with Crippen molar-refractivity contribution in [2.75, 3.05) is 25.1 Å². The zero-order valence-corrected chi connectivity index (χ0v) is 23.0. The number of hydrogen-bond donors (Lipinski definition) is 1. The van der Waals surface area contributed by atoms with Gasteiger partial charge in [0.1, 0.15) is 0 Å². The van der Waals surface area contributed by atoms with Crippen molar-refractivity contribution in [3.63, 3.8) is 0 Å². The van der Waals surface area contributed by atoms with Gasteiger partial charge >= 0.3 is 11.9 Å². The number of halogens is 3. The molecule has 0 amide bonds. The first kappa shape index (κ1) is 26.8. The van der Waals surface area contributed by atoms with Crippen LogP contribution in [0, 0.1) is 0 Å². The Bertz CT molecular complexity index is 1820. The third-order valence-electron chi connectivity index (χ3n) is 7.60. The third-order valence-corrected chi connectivity index (χ3v) is 7.60. The zero-order valence-electron chi connectivity index (χ0n) is 23.0. The molecule has 2 unspecified atom stereocenters. The number of aryl methyl sites for hydroxylation is 1. The number of nitrogens with zero attached hydrogens (tertiary/aromatic N) is 5. The maximum Gasteiger partial charge on any atom is 0.418 e. The van der Waals surface area contributed by atoms with Crippen molar-refractivity contribution in [3.05, 3.63) is 77.0 Å². The van der Waals surface area contributed by atoms with Gasteiger partial charge in [0, 0.05) is 61.1 Å². The summed E-state index contributed by atoms with van der Waals surface area (Å²) in [7, 11) is 3.13. The Balaban J connectivity index is 1.56. The van der Waals surface area contributed by atoms with Crippen LogP contribution in [0.25, 0.3) is 38.8 Å². The fourth-order valence-corrected chi connectivity index (χ4v) is 5.78. The molecular formula is C30H29F3N6O2. The van der Waals surface area contributed by atoms with Gasteiger partial charge in [-0.05, 0) is 55.8 Å². The minimum Gasteiger partial charge on any atom is -0.481 e. The summed E-state index contributed by atoms with van der Waals surface area (Å²) in [6.45, 7) is 4.80. The number of benzene rings is 2. The summed E-state index contributed by atoms with van der Waals surface area (Å²) in [6, 6.07) is 13.4. The second-order valence-corrected chi connectivity index (χ2v) is 10.6. The first-order valence-electron chi connectivity index (χ1n) is 13.3. The third kappa shape index (κ3) is 4.69. The zero-order chi connectivity index (χ0) is 29.1. The van der Waals surface area contributed by atoms with Crippen LogP contribution in [-0.2, 0) is 13.2 Å². The molecule has 0 radical (unpaired) electrons. The van der Waals surface area contributed by atoms with Crippen LogP contribution in [0.2, 0.25) is 0 Å². The van der Waals surface area contributed by atoms with Crippen molar-refractivity contribution in [1.82, 2.24) is 24.4 Å². The largest absolute Gasteiger partial charge is 0.481 e. The van der Waals surface area contributed by atoms with Crippen LogP contribution in [0.4, 0.5) is 18.9 Å². The van der Waals surface area contributed by atoms with E-state index in [-0.39, 0.29) is 23.5 Å². The Morgan fingerprint density at radius 1 is 0.951 bits per heavy atom. The molecule has 5 aromatic rings. The highest BCUT2D eigenvalue weighted by Gasteiger charge is 2.37. The van der Waals surface area contributed by atoms with Gasteiger partial charge in [-0.25, -0.2) is 9.78 Å². The minimum atomic E-state index is -4.62. The molecule has 1 fully saturated rings. The van der Waals surface area contributed by atoms with E-state index in [9.17, 15) is 18.0 Å². The number of ether oxygens (including phenoxy) is 1. The van der Waals surface area contributed by atoms with Gasteiger partial charge in [0.15, 0.2) is 0 Å². The number of alkyl halides is 3. The molecule has 1 saturated heterocycles. The average Bonchev–Trinajstić information content (AvgIpc) is 3.21. The van der Waals surface area contributed by atoms with Crippen molar-refractivity contribution in [3.8, 4) is 22.7 Å². The van der Waals surface area contributed by atoms with E-state index in [0.29, 0.717) is 40.9 Å². The molecule has 0 bridgehead atoms. The lowest BCUT2D eigenvalue weighted by molar-refractivity contribution is -0.137. The molecule has 0 saturated carbocycles. The van der Waals surface area contributed by atoms with Crippen molar-refractivity contribution < 1.29 is 17.9 Å². The van der Waals surface area contributed by atoms with E-state index >= 15 is 0 Å². The summed E-state index contributed by atoms with van der Waals surface area (Å²) in [5.41, 5.74) is 2.24. The second-order valence-electron chi connectivity index (χ2n) is 10.6. The topological polar surface area (TPSA) is 77.2 Å². The molecule has 1 N–H and O–H groups in total. The molecule has 1 aliphatic heterocycles. The Kier molecular flexibility index (Phi) is 6.49. The molecule has 2 aromatic carbocycles. The van der Waals surface area contributed by atoms with Crippen LogP contribution in [0.15, 0.2) is 65.7 Å². The predicted molar refractivity (Wildman–Crippen MR) is 153 cm³/mol. The highest BCUT2D eigenvalue weighted by atomic mass is 19.4. The molecule has 0 aliphatic carbocycles. The fourth-order valence-electron chi connectivity index (χ4n) is 5.78. The van der Waals surface area contributed by atoms with E-state index in [0.717, 1.165) is 17.2 Å². The van der Waals surface area contributed by atoms with Gasteiger partial charge in [-0.15, -0.1) is 0 Å². The molecule has 8 nitrogen and oxygen atoms in total. The summed E-state index contributed by atoms with van der Waals surface area (Å²) in [5.74, 6) is 0.476. The van der Waals surface area contributed by atoms with Gasteiger partial charge in [-0.2, -0.15) is 13.2 Å². The van der Waals surface area contributed by atoms with Crippen molar-refractivity contribution in [2.45, 2.75) is 32.1 Å². The maximum atomic E-state index is 14.5. The average molecular weight is 563 g/mol. The second kappa shape index (κ2) is 9.91. The highest BCUT2D eigenvalue weighted by molar-refractivity contribution is 6.04. The van der Waals surface area contributed by atoms with Crippen molar-refractivity contribution >= 4 is 27.6 Å². The molecule has 0 spiro atoms. The summed E-state index contributed by atoms with van der Waals surface area (Å²) in [6.07, 6.45) is -1.36. The van der Waals surface area contributed by atoms with Gasteiger partial charge in [0.2, 0.25) is 5.88 Å². The predicted octanol–water partition coefficient (Wildman–Crippen LogP) is 5.15. The highest BCUT2D eigenvalue weighted by Crippen LogP contribution is 2.39. The Morgan fingerprint density at radius 3 is 2.34 bits per heavy atom. The first-order chi connectivity index (χ1) is 19.5. The van der Waals surface area contributed by atoms with Crippen LogP contribution < -0.4 is 20.6 Å². The van der Waals surface area contributed by atoms with Crippen LogP contribution in [0.5, 0.6) is 5.88 Å². The number of anilines is 1. The smallest absolute Gasteiger partial charge is 0.418 e. The van der Waals surface area contributed by atoms with Crippen molar-refractivity contribution in [1.29, 1.82) is 0 Å². The lowest BCUT2D eigenvalue weighted by atomic mass is 10.0. The Labute approximate surface area is 234 Å². The van der Waals surface area contributed by atoms with E-state index in [4.69, 9.17) is 4.74 Å². The molecule has 11 heteroatoms. The SMILES string of the molecule is COc1ccc(-c2ccc3ncc4c(c3c2)n(-c2ccc(N3CC(C)NC(C)C3)c(C(F)(F)F)c2)c(=O)n4C)cn1. The number of pyridine rings is 2. The monoisotopic (exact) mass is 562 g/mol. The maximum absolute atomic E-state index is 14.5. The number of fused-ring (bicyclic) bond motifs is 3. The van der Waals surface area contributed by atoms with Crippen molar-refractivity contribution in [2.24, 2.45) is 7.05 Å². The molecule has 1 aliphatic rings. The van der Waals surface area contributed by atoms with Gasteiger partial charge in [-0.3, -0.25) is 14.1 Å². The quantitative estimate of drug-likeness (QED) is 0.327.